The summed E-state index contributed by atoms with van der Waals surface area (Å²) in [7, 11) is 0. The number of pyridine rings is 1. The number of likely N-dealkylation sites (tertiary alicyclic amines) is 1. The molecule has 3 nitrogen and oxygen atoms in total. The van der Waals surface area contributed by atoms with Crippen LogP contribution in [0.2, 0.25) is 0 Å². The standard InChI is InChI=1S/C14H19BrN2O/c1-9-6-10(2)11(3)17(8-9)14(18)12-4-5-16-13(15)7-12/h4-5,7,9-11H,6,8H2,1-3H3. The molecule has 1 saturated heterocycles. The van der Waals surface area contributed by atoms with Crippen molar-refractivity contribution >= 4 is 21.8 Å². The Bertz CT molecular complexity index is 449. The second-order valence-corrected chi connectivity index (χ2v) is 6.20. The summed E-state index contributed by atoms with van der Waals surface area (Å²) in [4.78, 5) is 18.6. The molecule has 0 aliphatic carbocycles. The Kier molecular flexibility index (Phi) is 4.05. The van der Waals surface area contributed by atoms with E-state index in [1.807, 2.05) is 4.90 Å². The second kappa shape index (κ2) is 5.39. The number of hydrogen-bond donors (Lipinski definition) is 0. The lowest BCUT2D eigenvalue weighted by Crippen LogP contribution is -2.48. The highest BCUT2D eigenvalue weighted by molar-refractivity contribution is 9.10. The van der Waals surface area contributed by atoms with Gasteiger partial charge in [-0.05, 0) is 53.2 Å². The summed E-state index contributed by atoms with van der Waals surface area (Å²) < 4.78 is 0.708. The third kappa shape index (κ3) is 2.74. The summed E-state index contributed by atoms with van der Waals surface area (Å²) in [6.07, 6.45) is 2.86. The molecule has 3 unspecified atom stereocenters. The SMILES string of the molecule is CC1CC(C)C(C)N(C(=O)c2ccnc(Br)c2)C1. The van der Waals surface area contributed by atoms with E-state index in [-0.39, 0.29) is 5.91 Å². The number of halogens is 1. The van der Waals surface area contributed by atoms with Crippen LogP contribution >= 0.6 is 15.9 Å². The number of rotatable bonds is 1. The first-order valence-corrected chi connectivity index (χ1v) is 7.21. The van der Waals surface area contributed by atoms with Crippen LogP contribution in [0, 0.1) is 11.8 Å². The van der Waals surface area contributed by atoms with Crippen LogP contribution in [-0.2, 0) is 0 Å². The topological polar surface area (TPSA) is 33.2 Å². The van der Waals surface area contributed by atoms with E-state index in [4.69, 9.17) is 0 Å². The van der Waals surface area contributed by atoms with Crippen LogP contribution in [0.15, 0.2) is 22.9 Å². The normalized spacial score (nSPS) is 28.2. The molecule has 98 valence electrons. The smallest absolute Gasteiger partial charge is 0.254 e. The van der Waals surface area contributed by atoms with Gasteiger partial charge in [-0.2, -0.15) is 0 Å². The van der Waals surface area contributed by atoms with E-state index in [0.717, 1.165) is 6.54 Å². The molecule has 0 aromatic carbocycles. The first kappa shape index (κ1) is 13.5. The van der Waals surface area contributed by atoms with Gasteiger partial charge in [0.1, 0.15) is 4.60 Å². The van der Waals surface area contributed by atoms with Crippen LogP contribution in [0.3, 0.4) is 0 Å². The summed E-state index contributed by atoms with van der Waals surface area (Å²) >= 11 is 3.31. The van der Waals surface area contributed by atoms with Gasteiger partial charge in [0.25, 0.3) is 5.91 Å². The summed E-state index contributed by atoms with van der Waals surface area (Å²) in [5, 5.41) is 0. The molecule has 1 amide bonds. The molecule has 2 rings (SSSR count). The fraction of sp³-hybridized carbons (Fsp3) is 0.571. The maximum absolute atomic E-state index is 12.5. The zero-order valence-corrected chi connectivity index (χ0v) is 12.6. The van der Waals surface area contributed by atoms with E-state index < -0.39 is 0 Å². The number of nitrogens with zero attached hydrogens (tertiary/aromatic N) is 2. The van der Waals surface area contributed by atoms with Gasteiger partial charge in [0.05, 0.1) is 0 Å². The number of carbonyl (C=O) groups is 1. The van der Waals surface area contributed by atoms with Crippen molar-refractivity contribution in [2.45, 2.75) is 33.2 Å². The number of amides is 1. The third-order valence-corrected chi connectivity index (χ3v) is 4.27. The van der Waals surface area contributed by atoms with Crippen molar-refractivity contribution in [3.05, 3.63) is 28.5 Å². The van der Waals surface area contributed by atoms with E-state index in [1.165, 1.54) is 6.42 Å². The highest BCUT2D eigenvalue weighted by atomic mass is 79.9. The van der Waals surface area contributed by atoms with Crippen molar-refractivity contribution < 1.29 is 4.79 Å². The lowest BCUT2D eigenvalue weighted by molar-refractivity contribution is 0.0455. The van der Waals surface area contributed by atoms with Crippen molar-refractivity contribution in [3.8, 4) is 0 Å². The molecule has 0 saturated carbocycles. The molecule has 1 aliphatic heterocycles. The van der Waals surface area contributed by atoms with Crippen molar-refractivity contribution in [3.63, 3.8) is 0 Å². The minimum Gasteiger partial charge on any atom is -0.335 e. The van der Waals surface area contributed by atoms with Crippen molar-refractivity contribution in [1.29, 1.82) is 0 Å². The Balaban J connectivity index is 2.22. The van der Waals surface area contributed by atoms with E-state index >= 15 is 0 Å². The predicted octanol–water partition coefficient (Wildman–Crippen LogP) is 3.35. The highest BCUT2D eigenvalue weighted by Gasteiger charge is 2.32. The van der Waals surface area contributed by atoms with Crippen LogP contribution in [-0.4, -0.2) is 28.4 Å². The minimum absolute atomic E-state index is 0.115. The number of piperidine rings is 1. The highest BCUT2D eigenvalue weighted by Crippen LogP contribution is 2.28. The molecular formula is C14H19BrN2O. The van der Waals surface area contributed by atoms with E-state index in [9.17, 15) is 4.79 Å². The zero-order valence-electron chi connectivity index (χ0n) is 11.1. The summed E-state index contributed by atoms with van der Waals surface area (Å²) in [6.45, 7) is 7.43. The Morgan fingerprint density at radius 3 is 2.83 bits per heavy atom. The van der Waals surface area contributed by atoms with Crippen molar-refractivity contribution in [2.24, 2.45) is 11.8 Å². The number of carbonyl (C=O) groups excluding carboxylic acids is 1. The molecule has 0 N–H and O–H groups in total. The maximum Gasteiger partial charge on any atom is 0.254 e. The summed E-state index contributed by atoms with van der Waals surface area (Å²) in [6, 6.07) is 3.88. The van der Waals surface area contributed by atoms with Crippen molar-refractivity contribution in [2.75, 3.05) is 6.54 Å². The van der Waals surface area contributed by atoms with E-state index in [2.05, 4.69) is 41.7 Å². The summed E-state index contributed by atoms with van der Waals surface area (Å²) in [5.74, 6) is 1.25. The zero-order chi connectivity index (χ0) is 13.3. The maximum atomic E-state index is 12.5. The molecule has 18 heavy (non-hydrogen) atoms. The molecule has 4 heteroatoms. The number of aromatic nitrogens is 1. The Hall–Kier alpha value is -0.900. The average Bonchev–Trinajstić information content (AvgIpc) is 2.33. The first-order chi connectivity index (χ1) is 8.49. The lowest BCUT2D eigenvalue weighted by atomic mass is 9.85. The molecule has 0 radical (unpaired) electrons. The second-order valence-electron chi connectivity index (χ2n) is 5.38. The average molecular weight is 311 g/mol. The van der Waals surface area contributed by atoms with Crippen LogP contribution < -0.4 is 0 Å². The van der Waals surface area contributed by atoms with Gasteiger partial charge in [-0.25, -0.2) is 4.98 Å². The van der Waals surface area contributed by atoms with E-state index in [0.29, 0.717) is 28.0 Å². The van der Waals surface area contributed by atoms with Gasteiger partial charge in [0.2, 0.25) is 0 Å². The first-order valence-electron chi connectivity index (χ1n) is 6.41. The molecule has 3 atom stereocenters. The van der Waals surface area contributed by atoms with Gasteiger partial charge in [-0.3, -0.25) is 4.79 Å². The van der Waals surface area contributed by atoms with Crippen LogP contribution in [0.1, 0.15) is 37.6 Å². The molecule has 0 spiro atoms. The lowest BCUT2D eigenvalue weighted by Gasteiger charge is -2.41. The molecule has 1 aliphatic rings. The van der Waals surface area contributed by atoms with Gasteiger partial charge in [-0.1, -0.05) is 13.8 Å². The van der Waals surface area contributed by atoms with Gasteiger partial charge in [-0.15, -0.1) is 0 Å². The third-order valence-electron chi connectivity index (χ3n) is 3.83. The predicted molar refractivity (Wildman–Crippen MR) is 75.4 cm³/mol. The largest absolute Gasteiger partial charge is 0.335 e. The van der Waals surface area contributed by atoms with Gasteiger partial charge < -0.3 is 4.90 Å². The molecule has 1 fully saturated rings. The quantitative estimate of drug-likeness (QED) is 0.745. The van der Waals surface area contributed by atoms with E-state index in [1.54, 1.807) is 18.3 Å². The van der Waals surface area contributed by atoms with Gasteiger partial charge >= 0.3 is 0 Å². The summed E-state index contributed by atoms with van der Waals surface area (Å²) in [5.41, 5.74) is 0.713. The molecule has 0 bridgehead atoms. The Labute approximate surface area is 117 Å². The van der Waals surface area contributed by atoms with Crippen LogP contribution in [0.4, 0.5) is 0 Å². The minimum atomic E-state index is 0.115. The fourth-order valence-corrected chi connectivity index (χ4v) is 3.05. The Morgan fingerprint density at radius 2 is 2.17 bits per heavy atom. The fourth-order valence-electron chi connectivity index (χ4n) is 2.68. The van der Waals surface area contributed by atoms with Gasteiger partial charge in [0.15, 0.2) is 0 Å². The molecular weight excluding hydrogens is 292 g/mol. The van der Waals surface area contributed by atoms with Crippen LogP contribution in [0.5, 0.6) is 0 Å². The van der Waals surface area contributed by atoms with Crippen molar-refractivity contribution in [1.82, 2.24) is 9.88 Å². The molecule has 2 heterocycles. The van der Waals surface area contributed by atoms with Gasteiger partial charge in [0, 0.05) is 24.3 Å². The van der Waals surface area contributed by atoms with Crippen LogP contribution in [0.25, 0.3) is 0 Å². The Morgan fingerprint density at radius 1 is 1.44 bits per heavy atom. The molecule has 1 aromatic heterocycles. The number of hydrogen-bond acceptors (Lipinski definition) is 2. The monoisotopic (exact) mass is 310 g/mol. The molecule has 1 aromatic rings.